The molecule has 0 radical (unpaired) electrons. The summed E-state index contributed by atoms with van der Waals surface area (Å²) in [5, 5.41) is 0. The Hall–Kier alpha value is -2.31. The van der Waals surface area contributed by atoms with Gasteiger partial charge in [-0.2, -0.15) is 0 Å². The molecule has 2 aliphatic heterocycles. The fraction of sp³-hybridized carbons (Fsp3) is 0.588. The third-order valence-electron chi connectivity index (χ3n) is 5.35. The molecule has 0 aromatic carbocycles. The van der Waals surface area contributed by atoms with Crippen LogP contribution >= 0.6 is 0 Å². The Labute approximate surface area is 140 Å². The van der Waals surface area contributed by atoms with E-state index in [1.807, 2.05) is 16.7 Å². The Morgan fingerprint density at radius 1 is 1.29 bits per heavy atom. The average molecular weight is 330 g/mol. The molecule has 128 valence electrons. The number of aromatic nitrogens is 1. The number of hydrogen-bond acceptors (Lipinski definition) is 5. The molecule has 1 aromatic rings. The molecule has 1 aliphatic carbocycles. The number of pyridine rings is 1. The second kappa shape index (κ2) is 5.65. The van der Waals surface area contributed by atoms with Gasteiger partial charge in [-0.25, -0.2) is 9.78 Å². The van der Waals surface area contributed by atoms with Crippen LogP contribution in [0.3, 0.4) is 0 Å². The number of ether oxygens (including phenoxy) is 1. The third kappa shape index (κ3) is 2.39. The van der Waals surface area contributed by atoms with E-state index in [9.17, 15) is 9.59 Å². The Morgan fingerprint density at radius 3 is 2.75 bits per heavy atom. The van der Waals surface area contributed by atoms with Crippen molar-refractivity contribution in [3.8, 4) is 0 Å². The van der Waals surface area contributed by atoms with E-state index in [-0.39, 0.29) is 24.3 Å². The van der Waals surface area contributed by atoms with Crippen molar-refractivity contribution in [3.63, 3.8) is 0 Å². The summed E-state index contributed by atoms with van der Waals surface area (Å²) in [6, 6.07) is 3.82. The van der Waals surface area contributed by atoms with Gasteiger partial charge in [-0.1, -0.05) is 12.8 Å². The van der Waals surface area contributed by atoms with Crippen LogP contribution in [0.4, 0.5) is 10.6 Å². The van der Waals surface area contributed by atoms with Crippen LogP contribution in [0.5, 0.6) is 0 Å². The second-order valence-corrected chi connectivity index (χ2v) is 6.93. The maximum atomic E-state index is 12.2. The van der Waals surface area contributed by atoms with Crippen molar-refractivity contribution in [1.82, 2.24) is 9.88 Å². The summed E-state index contributed by atoms with van der Waals surface area (Å²) in [4.78, 5) is 32.4. The Bertz CT molecular complexity index is 686. The molecule has 7 heteroatoms. The maximum absolute atomic E-state index is 12.2. The monoisotopic (exact) mass is 330 g/mol. The lowest BCUT2D eigenvalue weighted by Gasteiger charge is -2.28. The minimum absolute atomic E-state index is 0.0311. The standard InChI is InChI=1S/C17H22N4O3/c1-10-6-7-12(15(18)22)16(19-10)20-8-13-14(9-20)24-17(23)21(13)11-4-2-3-5-11/h6-7,11,13-14H,2-5,8-9H2,1H3,(H2,18,22)/t13-,14+/m0/s1. The van der Waals surface area contributed by atoms with Gasteiger partial charge in [-0.05, 0) is 31.9 Å². The number of rotatable bonds is 3. The van der Waals surface area contributed by atoms with Gasteiger partial charge in [0, 0.05) is 18.3 Å². The number of primary amides is 1. The number of anilines is 1. The topological polar surface area (TPSA) is 88.8 Å². The van der Waals surface area contributed by atoms with Gasteiger partial charge < -0.3 is 15.4 Å². The van der Waals surface area contributed by atoms with Crippen LogP contribution in [0.2, 0.25) is 0 Å². The molecule has 4 rings (SSSR count). The van der Waals surface area contributed by atoms with Crippen molar-refractivity contribution >= 4 is 17.8 Å². The van der Waals surface area contributed by atoms with Crippen LogP contribution in [0, 0.1) is 6.92 Å². The summed E-state index contributed by atoms with van der Waals surface area (Å²) in [6.45, 7) is 3.07. The van der Waals surface area contributed by atoms with Gasteiger partial charge in [0.25, 0.3) is 5.91 Å². The van der Waals surface area contributed by atoms with Crippen molar-refractivity contribution in [3.05, 3.63) is 23.4 Å². The molecule has 1 saturated carbocycles. The summed E-state index contributed by atoms with van der Waals surface area (Å²) in [5.41, 5.74) is 6.74. The lowest BCUT2D eigenvalue weighted by Crippen LogP contribution is -2.44. The van der Waals surface area contributed by atoms with Crippen LogP contribution in [-0.4, -0.2) is 53.2 Å². The van der Waals surface area contributed by atoms with Crippen LogP contribution in [0.25, 0.3) is 0 Å². The number of carbonyl (C=O) groups excluding carboxylic acids is 2. The van der Waals surface area contributed by atoms with Crippen molar-refractivity contribution in [2.45, 2.75) is 50.8 Å². The highest BCUT2D eigenvalue weighted by molar-refractivity contribution is 5.97. The van der Waals surface area contributed by atoms with Crippen LogP contribution in [-0.2, 0) is 4.74 Å². The molecule has 2 N–H and O–H groups in total. The van der Waals surface area contributed by atoms with Gasteiger partial charge in [0.1, 0.15) is 11.9 Å². The van der Waals surface area contributed by atoms with E-state index in [4.69, 9.17) is 10.5 Å². The van der Waals surface area contributed by atoms with Crippen LogP contribution < -0.4 is 10.6 Å². The quantitative estimate of drug-likeness (QED) is 0.906. The fourth-order valence-corrected chi connectivity index (χ4v) is 4.22. The summed E-state index contributed by atoms with van der Waals surface area (Å²) < 4.78 is 5.59. The zero-order valence-corrected chi connectivity index (χ0v) is 13.8. The molecule has 7 nitrogen and oxygen atoms in total. The number of aryl methyl sites for hydroxylation is 1. The first-order valence-corrected chi connectivity index (χ1v) is 8.56. The van der Waals surface area contributed by atoms with E-state index >= 15 is 0 Å². The van der Waals surface area contributed by atoms with Gasteiger partial charge in [0.2, 0.25) is 0 Å². The predicted octanol–water partition coefficient (Wildman–Crippen LogP) is 1.44. The molecule has 24 heavy (non-hydrogen) atoms. The lowest BCUT2D eigenvalue weighted by atomic mass is 10.1. The van der Waals surface area contributed by atoms with Crippen LogP contribution in [0.15, 0.2) is 12.1 Å². The lowest BCUT2D eigenvalue weighted by molar-refractivity contribution is 0.0999. The summed E-state index contributed by atoms with van der Waals surface area (Å²) >= 11 is 0. The molecule has 3 aliphatic rings. The van der Waals surface area contributed by atoms with E-state index in [0.717, 1.165) is 18.5 Å². The minimum Gasteiger partial charge on any atom is -0.442 e. The maximum Gasteiger partial charge on any atom is 0.410 e. The summed E-state index contributed by atoms with van der Waals surface area (Å²) in [6.07, 6.45) is 4.08. The molecule has 2 amide bonds. The molecular weight excluding hydrogens is 308 g/mol. The smallest absolute Gasteiger partial charge is 0.410 e. The Morgan fingerprint density at radius 2 is 2.04 bits per heavy atom. The van der Waals surface area contributed by atoms with Gasteiger partial charge in [0.05, 0.1) is 18.2 Å². The first kappa shape index (κ1) is 15.2. The molecule has 2 saturated heterocycles. The van der Waals surface area contributed by atoms with E-state index in [1.54, 1.807) is 12.1 Å². The molecular formula is C17H22N4O3. The van der Waals surface area contributed by atoms with E-state index in [0.29, 0.717) is 24.5 Å². The number of carbonyl (C=O) groups is 2. The van der Waals surface area contributed by atoms with E-state index in [1.165, 1.54) is 12.8 Å². The Balaban J connectivity index is 1.60. The molecule has 1 aromatic heterocycles. The first-order valence-electron chi connectivity index (χ1n) is 8.56. The number of nitrogens with zero attached hydrogens (tertiary/aromatic N) is 3. The summed E-state index contributed by atoms with van der Waals surface area (Å²) in [7, 11) is 0. The largest absolute Gasteiger partial charge is 0.442 e. The minimum atomic E-state index is -0.487. The van der Waals surface area contributed by atoms with Gasteiger partial charge in [-0.15, -0.1) is 0 Å². The van der Waals surface area contributed by atoms with Crippen molar-refractivity contribution in [2.24, 2.45) is 5.73 Å². The highest BCUT2D eigenvalue weighted by atomic mass is 16.6. The molecule has 0 spiro atoms. The SMILES string of the molecule is Cc1ccc(C(N)=O)c(N2C[C@H]3OC(=O)N(C4CCCC4)[C@H]3C2)n1. The number of nitrogens with two attached hydrogens (primary N) is 1. The first-order chi connectivity index (χ1) is 11.5. The highest BCUT2D eigenvalue weighted by Crippen LogP contribution is 2.36. The number of fused-ring (bicyclic) bond motifs is 1. The molecule has 2 atom stereocenters. The molecule has 0 bridgehead atoms. The second-order valence-electron chi connectivity index (χ2n) is 6.93. The van der Waals surface area contributed by atoms with Crippen molar-refractivity contribution < 1.29 is 14.3 Å². The van der Waals surface area contributed by atoms with E-state index in [2.05, 4.69) is 4.98 Å². The zero-order valence-electron chi connectivity index (χ0n) is 13.8. The van der Waals surface area contributed by atoms with E-state index < -0.39 is 5.91 Å². The van der Waals surface area contributed by atoms with Gasteiger partial charge >= 0.3 is 6.09 Å². The number of hydrogen-bond donors (Lipinski definition) is 1. The fourth-order valence-electron chi connectivity index (χ4n) is 4.22. The van der Waals surface area contributed by atoms with Crippen molar-refractivity contribution in [1.29, 1.82) is 0 Å². The average Bonchev–Trinajstić information content (AvgIpc) is 3.22. The highest BCUT2D eigenvalue weighted by Gasteiger charge is 2.51. The molecule has 0 unspecified atom stereocenters. The van der Waals surface area contributed by atoms with Gasteiger partial charge in [0.15, 0.2) is 0 Å². The Kier molecular flexibility index (Phi) is 3.58. The molecule has 3 heterocycles. The van der Waals surface area contributed by atoms with Crippen LogP contribution in [0.1, 0.15) is 41.7 Å². The van der Waals surface area contributed by atoms with Crippen molar-refractivity contribution in [2.75, 3.05) is 18.0 Å². The predicted molar refractivity (Wildman–Crippen MR) is 87.9 cm³/mol. The summed E-state index contributed by atoms with van der Waals surface area (Å²) in [5.74, 6) is 0.110. The third-order valence-corrected chi connectivity index (χ3v) is 5.35. The zero-order chi connectivity index (χ0) is 16.8. The van der Waals surface area contributed by atoms with Gasteiger partial charge in [-0.3, -0.25) is 9.69 Å². The molecule has 3 fully saturated rings. The normalized spacial score (nSPS) is 26.8. The number of amides is 2.